The van der Waals surface area contributed by atoms with Crippen LogP contribution in [0, 0.1) is 6.85 Å². The first-order valence-electron chi connectivity index (χ1n) is 7.64. The van der Waals surface area contributed by atoms with Crippen molar-refractivity contribution in [1.82, 2.24) is 0 Å². The molecule has 0 radical (unpaired) electrons. The molecule has 0 aliphatic heterocycles. The van der Waals surface area contributed by atoms with Crippen molar-refractivity contribution in [2.75, 3.05) is 0 Å². The normalized spacial score (nSPS) is 15.6. The van der Waals surface area contributed by atoms with E-state index in [9.17, 15) is 0 Å². The second-order valence-electron chi connectivity index (χ2n) is 5.74. The molecule has 0 saturated carbocycles. The van der Waals surface area contributed by atoms with Crippen LogP contribution in [0.1, 0.15) is 36.0 Å². The number of hydrogen-bond donors (Lipinski definition) is 0. The second kappa shape index (κ2) is 3.83. The third kappa shape index (κ3) is 1.74. The van der Waals surface area contributed by atoms with Gasteiger partial charge in [0.1, 0.15) is 0 Å². The molecule has 1 heteroatoms. The van der Waals surface area contributed by atoms with Gasteiger partial charge in [0.25, 0.3) is 0 Å². The minimum Gasteiger partial charge on any atom is -0.135 e. The van der Waals surface area contributed by atoms with Gasteiger partial charge in [-0.2, -0.15) is 0 Å². The minimum atomic E-state index is -2.08. The Bertz CT molecular complexity index is 820. The number of hydrogen-bond acceptors (Lipinski definition) is 1. The predicted octanol–water partition coefficient (Wildman–Crippen LogP) is 5.66. The number of fused-ring (bicyclic) bond motifs is 3. The summed E-state index contributed by atoms with van der Waals surface area (Å²) < 4.78 is 26.0. The molecule has 3 rings (SSSR count). The van der Waals surface area contributed by atoms with Crippen LogP contribution in [-0.4, -0.2) is 0 Å². The topological polar surface area (TPSA) is 0 Å². The molecule has 1 heterocycles. The maximum atomic E-state index is 7.87. The van der Waals surface area contributed by atoms with Crippen LogP contribution < -0.4 is 0 Å². The van der Waals surface area contributed by atoms with E-state index in [2.05, 4.69) is 39.0 Å². The number of thiophene rings is 1. The molecule has 0 saturated heterocycles. The minimum absolute atomic E-state index is 0.186. The van der Waals surface area contributed by atoms with Crippen LogP contribution in [0.2, 0.25) is 0 Å². The molecule has 0 nitrogen and oxygen atoms in total. The molecule has 1 aromatic heterocycles. The van der Waals surface area contributed by atoms with Crippen molar-refractivity contribution in [3.05, 3.63) is 47.5 Å². The lowest BCUT2D eigenvalue weighted by Gasteiger charge is -2.21. The van der Waals surface area contributed by atoms with E-state index >= 15 is 0 Å². The van der Waals surface area contributed by atoms with Gasteiger partial charge in [-0.3, -0.25) is 0 Å². The van der Waals surface area contributed by atoms with Gasteiger partial charge in [0.05, 0.1) is 0 Å². The Kier molecular flexibility index (Phi) is 1.85. The van der Waals surface area contributed by atoms with Gasteiger partial charge in [0, 0.05) is 24.3 Å². The number of aryl methyl sites for hydroxylation is 1. The summed E-state index contributed by atoms with van der Waals surface area (Å²) in [6.07, 6.45) is 0. The third-order valence-corrected chi connectivity index (χ3v) is 4.46. The lowest BCUT2D eigenvalue weighted by atomic mass is 9.83. The van der Waals surface area contributed by atoms with Crippen LogP contribution in [0.15, 0.2) is 36.4 Å². The molecule has 0 bridgehead atoms. The molecule has 0 amide bonds. The molecule has 2 aromatic carbocycles. The van der Waals surface area contributed by atoms with E-state index in [0.29, 0.717) is 5.56 Å². The fourth-order valence-corrected chi connectivity index (χ4v) is 3.52. The zero-order valence-electron chi connectivity index (χ0n) is 13.9. The van der Waals surface area contributed by atoms with E-state index in [0.717, 1.165) is 21.0 Å². The maximum Gasteiger partial charge on any atom is 0.0358 e. The van der Waals surface area contributed by atoms with Crippen LogP contribution in [-0.2, 0) is 5.41 Å². The van der Waals surface area contributed by atoms with Crippen molar-refractivity contribution in [2.24, 2.45) is 0 Å². The first-order valence-corrected chi connectivity index (χ1v) is 6.96. The standard InChI is InChI=1S/C17H18S/c1-11-9-13-12-7-5-6-8-15(12)18-16(13)10-14(11)17(2,3)4/h5-10H,1-4H3/i1D3. The molecule has 3 aromatic rings. The summed E-state index contributed by atoms with van der Waals surface area (Å²) in [4.78, 5) is 0. The Morgan fingerprint density at radius 3 is 2.50 bits per heavy atom. The average molecular weight is 257 g/mol. The summed E-state index contributed by atoms with van der Waals surface area (Å²) in [7, 11) is 0. The van der Waals surface area contributed by atoms with Gasteiger partial charge in [0.15, 0.2) is 0 Å². The summed E-state index contributed by atoms with van der Waals surface area (Å²) in [6, 6.07) is 12.1. The van der Waals surface area contributed by atoms with Gasteiger partial charge in [0.2, 0.25) is 0 Å². The van der Waals surface area contributed by atoms with E-state index < -0.39 is 6.85 Å². The highest BCUT2D eigenvalue weighted by atomic mass is 32.1. The zero-order valence-corrected chi connectivity index (χ0v) is 11.7. The van der Waals surface area contributed by atoms with Crippen LogP contribution in [0.4, 0.5) is 0 Å². The summed E-state index contributed by atoms with van der Waals surface area (Å²) in [6.45, 7) is 4.12. The smallest absolute Gasteiger partial charge is 0.0358 e. The Hall–Kier alpha value is -1.34. The largest absolute Gasteiger partial charge is 0.135 e. The first kappa shape index (κ1) is 8.71. The Morgan fingerprint density at radius 2 is 1.78 bits per heavy atom. The molecule has 0 N–H and O–H groups in total. The van der Waals surface area contributed by atoms with Crippen LogP contribution in [0.5, 0.6) is 0 Å². The van der Waals surface area contributed by atoms with Crippen LogP contribution in [0.3, 0.4) is 0 Å². The molecule has 18 heavy (non-hydrogen) atoms. The summed E-state index contributed by atoms with van der Waals surface area (Å²) in [5, 5.41) is 2.19. The summed E-state index contributed by atoms with van der Waals surface area (Å²) >= 11 is 1.73. The summed E-state index contributed by atoms with van der Waals surface area (Å²) in [5.74, 6) is 0. The van der Waals surface area contributed by atoms with Gasteiger partial charge >= 0.3 is 0 Å². The van der Waals surface area contributed by atoms with Crippen molar-refractivity contribution < 1.29 is 4.11 Å². The van der Waals surface area contributed by atoms with Crippen LogP contribution in [0.25, 0.3) is 20.2 Å². The Balaban J connectivity index is 2.44. The Morgan fingerprint density at radius 1 is 1.00 bits per heavy atom. The van der Waals surface area contributed by atoms with Gasteiger partial charge in [-0.15, -0.1) is 11.3 Å². The van der Waals surface area contributed by atoms with Gasteiger partial charge in [-0.1, -0.05) is 39.0 Å². The average Bonchev–Trinajstić information content (AvgIpc) is 2.73. The van der Waals surface area contributed by atoms with E-state index in [1.165, 1.54) is 4.70 Å². The fourth-order valence-electron chi connectivity index (χ4n) is 2.39. The first-order chi connectivity index (χ1) is 9.68. The Labute approximate surface area is 116 Å². The van der Waals surface area contributed by atoms with Crippen LogP contribution >= 0.6 is 11.3 Å². The van der Waals surface area contributed by atoms with Crippen molar-refractivity contribution in [1.29, 1.82) is 0 Å². The SMILES string of the molecule is [2H]C([2H])([2H])c1cc2c(cc1C(C)(C)C)sc1ccccc12. The third-order valence-electron chi connectivity index (χ3n) is 3.32. The number of rotatable bonds is 0. The van der Waals surface area contributed by atoms with Crippen molar-refractivity contribution in [3.63, 3.8) is 0 Å². The van der Waals surface area contributed by atoms with E-state index in [4.69, 9.17) is 4.11 Å². The molecular weight excluding hydrogens is 236 g/mol. The van der Waals surface area contributed by atoms with Crippen molar-refractivity contribution >= 4 is 31.5 Å². The maximum absolute atomic E-state index is 7.87. The highest BCUT2D eigenvalue weighted by Gasteiger charge is 2.18. The molecule has 0 aliphatic rings. The van der Waals surface area contributed by atoms with Crippen molar-refractivity contribution in [2.45, 2.75) is 33.0 Å². The fraction of sp³-hybridized carbons (Fsp3) is 0.294. The summed E-state index contributed by atoms with van der Waals surface area (Å²) in [5.41, 5.74) is 1.21. The molecule has 0 atom stereocenters. The molecule has 0 unspecified atom stereocenters. The van der Waals surface area contributed by atoms with Gasteiger partial charge in [-0.05, 0) is 41.6 Å². The highest BCUT2D eigenvalue weighted by Crippen LogP contribution is 2.37. The van der Waals surface area contributed by atoms with Crippen molar-refractivity contribution in [3.8, 4) is 0 Å². The zero-order chi connectivity index (χ0) is 15.4. The predicted molar refractivity (Wildman–Crippen MR) is 82.8 cm³/mol. The molecule has 0 spiro atoms. The molecule has 92 valence electrons. The lowest BCUT2D eigenvalue weighted by Crippen LogP contribution is -2.12. The lowest BCUT2D eigenvalue weighted by molar-refractivity contribution is 0.587. The highest BCUT2D eigenvalue weighted by molar-refractivity contribution is 7.25. The van der Waals surface area contributed by atoms with Gasteiger partial charge in [-0.25, -0.2) is 0 Å². The molecule has 0 aliphatic carbocycles. The van der Waals surface area contributed by atoms with Gasteiger partial charge < -0.3 is 0 Å². The van der Waals surface area contributed by atoms with E-state index in [-0.39, 0.29) is 5.41 Å². The quantitative estimate of drug-likeness (QED) is 0.487. The molecule has 0 fully saturated rings. The number of benzene rings is 2. The van der Waals surface area contributed by atoms with E-state index in [1.807, 2.05) is 18.2 Å². The monoisotopic (exact) mass is 257 g/mol. The second-order valence-corrected chi connectivity index (χ2v) is 6.83. The molecular formula is C17H18S. The van der Waals surface area contributed by atoms with E-state index in [1.54, 1.807) is 11.3 Å².